The van der Waals surface area contributed by atoms with E-state index in [2.05, 4.69) is 0 Å². The predicted octanol–water partition coefficient (Wildman–Crippen LogP) is 3.39. The second kappa shape index (κ2) is 6.26. The lowest BCUT2D eigenvalue weighted by Gasteiger charge is -2.22. The van der Waals surface area contributed by atoms with E-state index in [1.54, 1.807) is 0 Å². The van der Waals surface area contributed by atoms with Gasteiger partial charge in [0.2, 0.25) is 0 Å². The van der Waals surface area contributed by atoms with E-state index in [-0.39, 0.29) is 18.4 Å². The number of aryl methyl sites for hydroxylation is 1. The van der Waals surface area contributed by atoms with Crippen LogP contribution in [-0.2, 0) is 4.79 Å². The first-order valence-electron chi connectivity index (χ1n) is 6.87. The normalized spacial score (nSPS) is 11.0. The zero-order valence-electron chi connectivity index (χ0n) is 12.4. The number of carboxylic acids is 1. The highest BCUT2D eigenvalue weighted by Crippen LogP contribution is 2.28. The maximum absolute atomic E-state index is 12.6. The molecule has 1 amide bonds. The number of fused-ring (bicyclic) bond motifs is 1. The number of carbonyl (C=O) groups excluding carboxylic acids is 1. The molecule has 0 unspecified atom stereocenters. The SMILES string of the molecule is Cc1ccc2c(C(=O)N(CC(=O)O)CC(C)C)csc2c1. The Labute approximate surface area is 128 Å². The van der Waals surface area contributed by atoms with Crippen molar-refractivity contribution >= 4 is 33.3 Å². The van der Waals surface area contributed by atoms with E-state index in [9.17, 15) is 9.59 Å². The minimum absolute atomic E-state index is 0.207. The van der Waals surface area contributed by atoms with E-state index in [1.807, 2.05) is 44.4 Å². The van der Waals surface area contributed by atoms with Gasteiger partial charge < -0.3 is 10.0 Å². The Morgan fingerprint density at radius 1 is 1.33 bits per heavy atom. The molecule has 0 radical (unpaired) electrons. The fraction of sp³-hybridized carbons (Fsp3) is 0.375. The standard InChI is InChI=1S/C16H19NO3S/c1-10(2)7-17(8-15(18)19)16(20)13-9-21-14-6-11(3)4-5-12(13)14/h4-6,9-10H,7-8H2,1-3H3,(H,18,19). The zero-order valence-corrected chi connectivity index (χ0v) is 13.2. The zero-order chi connectivity index (χ0) is 15.6. The fourth-order valence-corrected chi connectivity index (χ4v) is 3.33. The second-order valence-electron chi connectivity index (χ2n) is 5.62. The van der Waals surface area contributed by atoms with Gasteiger partial charge in [0.05, 0.1) is 5.56 Å². The molecule has 0 aliphatic carbocycles. The highest BCUT2D eigenvalue weighted by molar-refractivity contribution is 7.17. The van der Waals surface area contributed by atoms with Crippen molar-refractivity contribution in [1.29, 1.82) is 0 Å². The summed E-state index contributed by atoms with van der Waals surface area (Å²) < 4.78 is 1.05. The lowest BCUT2D eigenvalue weighted by Crippen LogP contribution is -2.38. The van der Waals surface area contributed by atoms with Crippen LogP contribution in [0.15, 0.2) is 23.6 Å². The van der Waals surface area contributed by atoms with Crippen LogP contribution in [0.3, 0.4) is 0 Å². The van der Waals surface area contributed by atoms with Crippen LogP contribution in [-0.4, -0.2) is 35.0 Å². The van der Waals surface area contributed by atoms with E-state index in [4.69, 9.17) is 5.11 Å². The first-order chi connectivity index (χ1) is 9.88. The van der Waals surface area contributed by atoms with Crippen LogP contribution in [0.1, 0.15) is 29.8 Å². The average Bonchev–Trinajstić information content (AvgIpc) is 2.78. The number of carboxylic acid groups (broad SMARTS) is 1. The minimum Gasteiger partial charge on any atom is -0.480 e. The molecule has 1 aromatic heterocycles. The monoisotopic (exact) mass is 305 g/mol. The summed E-state index contributed by atoms with van der Waals surface area (Å²) >= 11 is 1.52. The maximum Gasteiger partial charge on any atom is 0.323 e. The van der Waals surface area contributed by atoms with E-state index in [0.29, 0.717) is 12.1 Å². The topological polar surface area (TPSA) is 57.6 Å². The molecular weight excluding hydrogens is 286 g/mol. The molecule has 0 fully saturated rings. The van der Waals surface area contributed by atoms with Crippen molar-refractivity contribution in [3.8, 4) is 0 Å². The van der Waals surface area contributed by atoms with Crippen molar-refractivity contribution in [1.82, 2.24) is 4.90 Å². The number of carbonyl (C=O) groups is 2. The van der Waals surface area contributed by atoms with Crippen LogP contribution in [0, 0.1) is 12.8 Å². The number of aliphatic carboxylic acids is 1. The lowest BCUT2D eigenvalue weighted by molar-refractivity contribution is -0.137. The van der Waals surface area contributed by atoms with Gasteiger partial charge >= 0.3 is 5.97 Å². The molecule has 0 bridgehead atoms. The van der Waals surface area contributed by atoms with Crippen LogP contribution in [0.25, 0.3) is 10.1 Å². The van der Waals surface area contributed by atoms with E-state index < -0.39 is 5.97 Å². The van der Waals surface area contributed by atoms with Gasteiger partial charge in [-0.05, 0) is 24.5 Å². The summed E-state index contributed by atoms with van der Waals surface area (Å²) in [5.41, 5.74) is 1.74. The van der Waals surface area contributed by atoms with Crippen LogP contribution in [0.2, 0.25) is 0 Å². The smallest absolute Gasteiger partial charge is 0.323 e. The Hall–Kier alpha value is -1.88. The Morgan fingerprint density at radius 3 is 2.67 bits per heavy atom. The van der Waals surface area contributed by atoms with Gasteiger partial charge in [-0.1, -0.05) is 26.0 Å². The molecule has 0 saturated carbocycles. The first kappa shape index (κ1) is 15.5. The van der Waals surface area contributed by atoms with Crippen molar-refractivity contribution in [3.63, 3.8) is 0 Å². The number of amides is 1. The Morgan fingerprint density at radius 2 is 2.05 bits per heavy atom. The number of thiophene rings is 1. The molecule has 2 rings (SSSR count). The quantitative estimate of drug-likeness (QED) is 0.921. The van der Waals surface area contributed by atoms with Crippen molar-refractivity contribution in [2.24, 2.45) is 5.92 Å². The van der Waals surface area contributed by atoms with Gasteiger partial charge in [-0.15, -0.1) is 11.3 Å². The minimum atomic E-state index is -0.987. The van der Waals surface area contributed by atoms with Crippen LogP contribution < -0.4 is 0 Å². The Kier molecular flexibility index (Phi) is 4.63. The molecular formula is C16H19NO3S. The molecule has 4 nitrogen and oxygen atoms in total. The molecule has 112 valence electrons. The van der Waals surface area contributed by atoms with Gasteiger partial charge in [0.15, 0.2) is 0 Å². The summed E-state index contributed by atoms with van der Waals surface area (Å²) in [6.07, 6.45) is 0. The van der Waals surface area contributed by atoms with E-state index >= 15 is 0 Å². The molecule has 1 heterocycles. The van der Waals surface area contributed by atoms with Crippen molar-refractivity contribution in [2.45, 2.75) is 20.8 Å². The summed E-state index contributed by atoms with van der Waals surface area (Å²) in [7, 11) is 0. The second-order valence-corrected chi connectivity index (χ2v) is 6.53. The molecule has 0 atom stereocenters. The fourth-order valence-electron chi connectivity index (χ4n) is 2.29. The molecule has 0 aliphatic rings. The maximum atomic E-state index is 12.6. The highest BCUT2D eigenvalue weighted by atomic mass is 32.1. The number of nitrogens with zero attached hydrogens (tertiary/aromatic N) is 1. The first-order valence-corrected chi connectivity index (χ1v) is 7.75. The van der Waals surface area contributed by atoms with Gasteiger partial charge in [-0.3, -0.25) is 9.59 Å². The number of hydrogen-bond acceptors (Lipinski definition) is 3. The third-order valence-electron chi connectivity index (χ3n) is 3.16. The van der Waals surface area contributed by atoms with Crippen LogP contribution in [0.5, 0.6) is 0 Å². The average molecular weight is 305 g/mol. The van der Waals surface area contributed by atoms with Gasteiger partial charge in [0.25, 0.3) is 5.91 Å². The number of benzene rings is 1. The number of hydrogen-bond donors (Lipinski definition) is 1. The molecule has 21 heavy (non-hydrogen) atoms. The lowest BCUT2D eigenvalue weighted by atomic mass is 10.1. The van der Waals surface area contributed by atoms with E-state index in [1.165, 1.54) is 16.2 Å². The third-order valence-corrected chi connectivity index (χ3v) is 4.11. The third kappa shape index (κ3) is 3.61. The van der Waals surface area contributed by atoms with E-state index in [0.717, 1.165) is 15.6 Å². The molecule has 0 spiro atoms. The van der Waals surface area contributed by atoms with Crippen molar-refractivity contribution < 1.29 is 14.7 Å². The molecule has 1 aromatic carbocycles. The largest absolute Gasteiger partial charge is 0.480 e. The van der Waals surface area contributed by atoms with Crippen molar-refractivity contribution in [2.75, 3.05) is 13.1 Å². The summed E-state index contributed by atoms with van der Waals surface area (Å²) in [6, 6.07) is 5.94. The summed E-state index contributed by atoms with van der Waals surface area (Å²) in [5.74, 6) is -0.971. The van der Waals surface area contributed by atoms with Gasteiger partial charge in [-0.25, -0.2) is 0 Å². The molecule has 1 N–H and O–H groups in total. The van der Waals surface area contributed by atoms with Gasteiger partial charge in [0.1, 0.15) is 6.54 Å². The molecule has 2 aromatic rings. The summed E-state index contributed by atoms with van der Waals surface area (Å²) in [6.45, 7) is 6.12. The van der Waals surface area contributed by atoms with Gasteiger partial charge in [-0.2, -0.15) is 0 Å². The van der Waals surface area contributed by atoms with Crippen LogP contribution in [0.4, 0.5) is 0 Å². The molecule has 0 saturated heterocycles. The van der Waals surface area contributed by atoms with Gasteiger partial charge in [0, 0.05) is 22.0 Å². The highest BCUT2D eigenvalue weighted by Gasteiger charge is 2.22. The molecule has 0 aliphatic heterocycles. The predicted molar refractivity (Wildman–Crippen MR) is 84.9 cm³/mol. The summed E-state index contributed by atoms with van der Waals surface area (Å²) in [4.78, 5) is 25.0. The summed E-state index contributed by atoms with van der Waals surface area (Å²) in [5, 5.41) is 11.7. The Bertz CT molecular complexity index is 675. The number of rotatable bonds is 5. The molecule has 5 heteroatoms. The Balaban J connectivity index is 2.35. The van der Waals surface area contributed by atoms with Crippen LogP contribution >= 0.6 is 11.3 Å². The van der Waals surface area contributed by atoms with Crippen molar-refractivity contribution in [3.05, 3.63) is 34.7 Å².